The maximum Gasteiger partial charge on any atom is 0.455 e. The van der Waals surface area contributed by atoms with Crippen molar-refractivity contribution in [2.75, 3.05) is 0 Å². The van der Waals surface area contributed by atoms with Crippen LogP contribution in [0.1, 0.15) is 17.3 Å². The number of halogens is 3. The summed E-state index contributed by atoms with van der Waals surface area (Å²) in [5.74, 6) is -3.37. The van der Waals surface area contributed by atoms with E-state index in [0.717, 1.165) is 25.9 Å². The predicted octanol–water partition coefficient (Wildman–Crippen LogP) is 7.70. The third-order valence-electron chi connectivity index (χ3n) is 7.90. The Morgan fingerprint density at radius 2 is 1.19 bits per heavy atom. The molecule has 2 heterocycles. The van der Waals surface area contributed by atoms with Crippen LogP contribution in [-0.2, 0) is 11.1 Å². The Kier molecular flexibility index (Phi) is 10.6. The monoisotopic (exact) mass is 806 g/mol. The number of pyridine rings is 1. The van der Waals surface area contributed by atoms with Crippen molar-refractivity contribution in [3.63, 3.8) is 0 Å². The van der Waals surface area contributed by atoms with Crippen LogP contribution < -0.4 is 21.5 Å². The molecule has 243 valence electrons. The first-order valence-corrected chi connectivity index (χ1v) is 16.4. The van der Waals surface area contributed by atoms with Gasteiger partial charge in [-0.05, 0) is 25.1 Å². The number of para-hydroxylation sites is 1. The van der Waals surface area contributed by atoms with Crippen LogP contribution in [0.15, 0.2) is 137 Å². The second kappa shape index (κ2) is 14.3. The van der Waals surface area contributed by atoms with E-state index in [0.29, 0.717) is 11.0 Å². The molecule has 7 aromatic rings. The Labute approximate surface area is 313 Å². The fraction of sp³-hybridized carbons (Fsp3) is 0.0811. The van der Waals surface area contributed by atoms with Crippen LogP contribution in [0.2, 0.25) is 0 Å². The number of aromatic nitrogens is 1. The standard InChI is InChI=1S/C19H12F3NO4.C18H15OP.Eu/c1-2-23-14-11(15(24)13(18(23)26)17(25)19(20,21)22)8-7-10-9-5-3-4-6-12(9)27-16(10)14;19-20(16-10-4-1-5-11-16,17-12-6-2-7-13-17)18-14-8-3-9-15-18;/h3-8,24H,2H2,1H3;1-15H;. The second-order valence-corrected chi connectivity index (χ2v) is 13.4. The van der Waals surface area contributed by atoms with E-state index in [1.54, 1.807) is 31.2 Å². The first-order chi connectivity index (χ1) is 22.6. The van der Waals surface area contributed by atoms with Crippen molar-refractivity contribution in [3.8, 4) is 5.75 Å². The van der Waals surface area contributed by atoms with Gasteiger partial charge in [-0.2, -0.15) is 13.2 Å². The molecular weight excluding hydrogens is 778 g/mol. The molecule has 7 rings (SSSR count). The Morgan fingerprint density at radius 1 is 0.729 bits per heavy atom. The number of hydrogen-bond acceptors (Lipinski definition) is 5. The molecular formula is C37H27EuF3NO5P. The number of hydrogen-bond donors (Lipinski definition) is 1. The zero-order chi connectivity index (χ0) is 33.3. The molecule has 1 N–H and O–H groups in total. The molecule has 0 atom stereocenters. The van der Waals surface area contributed by atoms with Crippen LogP contribution in [0.5, 0.6) is 5.75 Å². The van der Waals surface area contributed by atoms with Crippen LogP contribution in [0, 0.1) is 49.4 Å². The van der Waals surface area contributed by atoms with Crippen LogP contribution in [0.3, 0.4) is 0 Å². The molecule has 11 heteroatoms. The molecule has 6 nitrogen and oxygen atoms in total. The molecule has 0 saturated heterocycles. The number of aromatic hydroxyl groups is 1. The van der Waals surface area contributed by atoms with Gasteiger partial charge < -0.3 is 18.7 Å². The van der Waals surface area contributed by atoms with Gasteiger partial charge in [0.2, 0.25) is 0 Å². The third-order valence-corrected chi connectivity index (χ3v) is 11.0. The summed E-state index contributed by atoms with van der Waals surface area (Å²) in [7, 11) is -2.78. The van der Waals surface area contributed by atoms with Crippen LogP contribution in [0.4, 0.5) is 13.2 Å². The van der Waals surface area contributed by atoms with E-state index in [1.165, 1.54) is 6.07 Å². The van der Waals surface area contributed by atoms with Crippen molar-refractivity contribution in [3.05, 3.63) is 143 Å². The van der Waals surface area contributed by atoms with E-state index >= 15 is 0 Å². The molecule has 0 spiro atoms. The van der Waals surface area contributed by atoms with E-state index in [-0.39, 0.29) is 72.4 Å². The second-order valence-electron chi connectivity index (χ2n) is 10.7. The summed E-state index contributed by atoms with van der Waals surface area (Å²) in [4.78, 5) is 24.3. The van der Waals surface area contributed by atoms with E-state index in [4.69, 9.17) is 4.42 Å². The van der Waals surface area contributed by atoms with Gasteiger partial charge in [0.25, 0.3) is 11.3 Å². The van der Waals surface area contributed by atoms with Crippen molar-refractivity contribution in [1.29, 1.82) is 0 Å². The van der Waals surface area contributed by atoms with Crippen molar-refractivity contribution in [2.24, 2.45) is 0 Å². The fourth-order valence-corrected chi connectivity index (χ4v) is 8.39. The molecule has 5 aromatic carbocycles. The molecule has 0 fully saturated rings. The number of Topliss-reactive ketones (excluding diaryl/α,β-unsaturated/α-hetero) is 1. The Bertz CT molecular complexity index is 2250. The molecule has 0 aliphatic carbocycles. The van der Waals surface area contributed by atoms with Gasteiger partial charge in [0, 0.05) is 88.0 Å². The maximum atomic E-state index is 13.8. The van der Waals surface area contributed by atoms with Crippen LogP contribution in [-0.4, -0.2) is 21.6 Å². The molecule has 0 saturated carbocycles. The number of fused-ring (bicyclic) bond motifs is 5. The zero-order valence-corrected chi connectivity index (χ0v) is 28.6. The maximum absolute atomic E-state index is 13.8. The molecule has 48 heavy (non-hydrogen) atoms. The SMILES string of the molecule is CCn1c(=O)c(C(=O)C(F)(F)F)c(O)c2ccc3c4ccccc4oc3c21.O=P(c1ccccc1)(c1ccccc1)c1ccccc1.[Eu]. The quantitative estimate of drug-likeness (QED) is 0.142. The van der Waals surface area contributed by atoms with Gasteiger partial charge in [0.05, 0.1) is 5.52 Å². The minimum atomic E-state index is -5.28. The summed E-state index contributed by atoms with van der Waals surface area (Å²) in [6, 6.07) is 39.2. The van der Waals surface area contributed by atoms with Crippen molar-refractivity contribution < 1.29 is 81.4 Å². The smallest absolute Gasteiger partial charge is 0.455 e. The third kappa shape index (κ3) is 6.35. The zero-order valence-electron chi connectivity index (χ0n) is 25.3. The summed E-state index contributed by atoms with van der Waals surface area (Å²) in [5.41, 5.74) is -1.56. The number of furan rings is 1. The number of aryl methyl sites for hydroxylation is 1. The van der Waals surface area contributed by atoms with Gasteiger partial charge in [-0.25, -0.2) is 0 Å². The van der Waals surface area contributed by atoms with Crippen LogP contribution in [0.25, 0.3) is 32.8 Å². The normalized spacial score (nSPS) is 11.6. The molecule has 0 aliphatic heterocycles. The Morgan fingerprint density at radius 3 is 1.67 bits per heavy atom. The van der Waals surface area contributed by atoms with Gasteiger partial charge in [-0.1, -0.05) is 109 Å². The fourth-order valence-electron chi connectivity index (χ4n) is 5.72. The number of alkyl halides is 3. The van der Waals surface area contributed by atoms with Gasteiger partial charge in [0.1, 0.15) is 16.9 Å². The number of carbonyl (C=O) groups is 1. The molecule has 1 radical (unpaired) electrons. The van der Waals surface area contributed by atoms with Crippen molar-refractivity contribution in [2.45, 2.75) is 19.6 Å². The summed E-state index contributed by atoms with van der Waals surface area (Å²) < 4.78 is 59.3. The van der Waals surface area contributed by atoms with Gasteiger partial charge in [-0.3, -0.25) is 9.59 Å². The average Bonchev–Trinajstić information content (AvgIpc) is 3.48. The van der Waals surface area contributed by atoms with E-state index < -0.39 is 36.0 Å². The summed E-state index contributed by atoms with van der Waals surface area (Å²) in [6.07, 6.45) is -5.28. The van der Waals surface area contributed by atoms with Crippen molar-refractivity contribution in [1.82, 2.24) is 4.57 Å². The average molecular weight is 806 g/mol. The van der Waals surface area contributed by atoms with E-state index in [1.807, 2.05) is 97.1 Å². The topological polar surface area (TPSA) is 89.5 Å². The summed E-state index contributed by atoms with van der Waals surface area (Å²) in [6.45, 7) is 1.55. The summed E-state index contributed by atoms with van der Waals surface area (Å²) in [5, 5.41) is 14.3. The summed E-state index contributed by atoms with van der Waals surface area (Å²) >= 11 is 0. The minimum absolute atomic E-state index is 0. The number of rotatable bonds is 5. The van der Waals surface area contributed by atoms with Crippen LogP contribution >= 0.6 is 7.14 Å². The Hall–Kier alpha value is -3.82. The number of nitrogens with zero attached hydrogens (tertiary/aromatic N) is 1. The number of carbonyl (C=O) groups excluding carboxylic acids is 1. The van der Waals surface area contributed by atoms with E-state index in [9.17, 15) is 32.4 Å². The molecule has 0 unspecified atom stereocenters. The van der Waals surface area contributed by atoms with Gasteiger partial charge >= 0.3 is 6.18 Å². The van der Waals surface area contributed by atoms with Gasteiger partial charge in [0.15, 0.2) is 12.7 Å². The minimum Gasteiger partial charge on any atom is -0.506 e. The number of ketones is 1. The van der Waals surface area contributed by atoms with E-state index in [2.05, 4.69) is 0 Å². The predicted molar refractivity (Wildman–Crippen MR) is 179 cm³/mol. The largest absolute Gasteiger partial charge is 0.506 e. The Balaban J connectivity index is 0.000000192. The molecule has 0 aliphatic rings. The first kappa shape index (κ1) is 35.5. The van der Waals surface area contributed by atoms with Crippen molar-refractivity contribution >= 4 is 61.7 Å². The number of benzene rings is 5. The first-order valence-electron chi connectivity index (χ1n) is 14.7. The molecule has 0 bridgehead atoms. The molecule has 0 amide bonds. The molecule has 2 aromatic heterocycles. The van der Waals surface area contributed by atoms with Gasteiger partial charge in [-0.15, -0.1) is 0 Å².